The van der Waals surface area contributed by atoms with Crippen LogP contribution in [0.2, 0.25) is 0 Å². The summed E-state index contributed by atoms with van der Waals surface area (Å²) in [5.74, 6) is -0.564. The number of carbonyl (C=O) groups excluding carboxylic acids is 3. The fourth-order valence-electron chi connectivity index (χ4n) is 4.57. The monoisotopic (exact) mass is 358 g/mol. The van der Waals surface area contributed by atoms with Crippen LogP contribution in [0.4, 0.5) is 0 Å². The van der Waals surface area contributed by atoms with Gasteiger partial charge < -0.3 is 15.0 Å². The predicted molar refractivity (Wildman–Crippen MR) is 96.2 cm³/mol. The van der Waals surface area contributed by atoms with E-state index >= 15 is 0 Å². The van der Waals surface area contributed by atoms with Crippen LogP contribution in [0, 0.1) is 5.41 Å². The van der Waals surface area contributed by atoms with Gasteiger partial charge in [0.25, 0.3) is 0 Å². The van der Waals surface area contributed by atoms with Crippen LogP contribution in [0.25, 0.3) is 0 Å². The average Bonchev–Trinajstić information content (AvgIpc) is 3.17. The Bertz CT molecular complexity index is 690. The Balaban J connectivity index is 1.87. The van der Waals surface area contributed by atoms with Crippen molar-refractivity contribution in [3.8, 4) is 0 Å². The van der Waals surface area contributed by atoms with Gasteiger partial charge in [-0.25, -0.2) is 0 Å². The molecule has 6 heteroatoms. The van der Waals surface area contributed by atoms with Crippen molar-refractivity contribution in [1.29, 1.82) is 0 Å². The summed E-state index contributed by atoms with van der Waals surface area (Å²) in [4.78, 5) is 38.6. The summed E-state index contributed by atoms with van der Waals surface area (Å²) >= 11 is 0. The summed E-state index contributed by atoms with van der Waals surface area (Å²) in [6.07, 6.45) is 2.88. The second kappa shape index (κ2) is 7.48. The largest absolute Gasteiger partial charge is 0.465 e. The summed E-state index contributed by atoms with van der Waals surface area (Å²) in [6.45, 7) is 3.50. The number of hydrogen-bond donors (Lipinski definition) is 1. The van der Waals surface area contributed by atoms with E-state index in [0.717, 1.165) is 18.4 Å². The van der Waals surface area contributed by atoms with Crippen molar-refractivity contribution in [3.05, 3.63) is 35.9 Å². The highest BCUT2D eigenvalue weighted by molar-refractivity contribution is 5.87. The van der Waals surface area contributed by atoms with Crippen molar-refractivity contribution in [2.75, 3.05) is 13.2 Å². The smallest absolute Gasteiger partial charge is 0.314 e. The first-order valence-corrected chi connectivity index (χ1v) is 9.24. The molecule has 0 saturated carbocycles. The molecule has 0 unspecified atom stereocenters. The lowest BCUT2D eigenvalue weighted by molar-refractivity contribution is -0.158. The SMILES string of the molecule is CCOC(=O)[C@@]1(Cc2ccccc2)C[C@H]2CC[C@@H]1N2C(=O)CNC(C)=O. The highest BCUT2D eigenvalue weighted by atomic mass is 16.5. The van der Waals surface area contributed by atoms with E-state index in [1.54, 1.807) is 6.92 Å². The van der Waals surface area contributed by atoms with Crippen LogP contribution in [-0.4, -0.2) is 47.9 Å². The molecule has 26 heavy (non-hydrogen) atoms. The normalized spacial score (nSPS) is 26.6. The van der Waals surface area contributed by atoms with Crippen LogP contribution < -0.4 is 5.32 Å². The molecule has 0 spiro atoms. The first-order valence-electron chi connectivity index (χ1n) is 9.24. The van der Waals surface area contributed by atoms with Crippen molar-refractivity contribution in [1.82, 2.24) is 10.2 Å². The highest BCUT2D eigenvalue weighted by Gasteiger charge is 2.61. The van der Waals surface area contributed by atoms with Gasteiger partial charge in [0.15, 0.2) is 0 Å². The Morgan fingerprint density at radius 1 is 1.23 bits per heavy atom. The molecule has 2 amide bonds. The third-order valence-corrected chi connectivity index (χ3v) is 5.56. The summed E-state index contributed by atoms with van der Waals surface area (Å²) in [5.41, 5.74) is 0.369. The molecule has 2 aliphatic heterocycles. The predicted octanol–water partition coefficient (Wildman–Crippen LogP) is 1.68. The lowest BCUT2D eigenvalue weighted by Gasteiger charge is -2.35. The Morgan fingerprint density at radius 3 is 2.62 bits per heavy atom. The number of fused-ring (bicyclic) bond motifs is 2. The number of nitrogens with zero attached hydrogens (tertiary/aromatic N) is 1. The van der Waals surface area contributed by atoms with E-state index in [9.17, 15) is 14.4 Å². The number of nitrogens with one attached hydrogen (secondary N) is 1. The number of esters is 1. The quantitative estimate of drug-likeness (QED) is 0.785. The molecular formula is C20H26N2O4. The summed E-state index contributed by atoms with van der Waals surface area (Å²) in [6, 6.07) is 9.75. The fourth-order valence-corrected chi connectivity index (χ4v) is 4.57. The minimum Gasteiger partial charge on any atom is -0.465 e. The topological polar surface area (TPSA) is 75.7 Å². The van der Waals surface area contributed by atoms with Gasteiger partial charge in [-0.2, -0.15) is 0 Å². The molecule has 0 radical (unpaired) electrons. The van der Waals surface area contributed by atoms with Gasteiger partial charge in [-0.05, 0) is 38.2 Å². The van der Waals surface area contributed by atoms with Crippen LogP contribution in [-0.2, 0) is 25.5 Å². The fraction of sp³-hybridized carbons (Fsp3) is 0.550. The maximum Gasteiger partial charge on any atom is 0.314 e. The van der Waals surface area contributed by atoms with Crippen LogP contribution in [0.15, 0.2) is 30.3 Å². The van der Waals surface area contributed by atoms with Crippen molar-refractivity contribution in [2.24, 2.45) is 5.41 Å². The molecule has 1 aromatic rings. The maximum atomic E-state index is 13.0. The molecule has 2 heterocycles. The summed E-state index contributed by atoms with van der Waals surface area (Å²) in [7, 11) is 0. The van der Waals surface area contributed by atoms with Crippen molar-refractivity contribution in [2.45, 2.75) is 51.6 Å². The molecule has 0 aliphatic carbocycles. The lowest BCUT2D eigenvalue weighted by Crippen LogP contribution is -2.49. The molecule has 140 valence electrons. The third kappa shape index (κ3) is 3.32. The molecular weight excluding hydrogens is 332 g/mol. The minimum absolute atomic E-state index is 0.0213. The third-order valence-electron chi connectivity index (χ3n) is 5.56. The average molecular weight is 358 g/mol. The zero-order valence-electron chi connectivity index (χ0n) is 15.4. The molecule has 1 aromatic carbocycles. The first-order chi connectivity index (χ1) is 12.5. The van der Waals surface area contributed by atoms with Gasteiger partial charge in [-0.1, -0.05) is 30.3 Å². The number of carbonyl (C=O) groups is 3. The van der Waals surface area contributed by atoms with E-state index in [0.29, 0.717) is 19.4 Å². The van der Waals surface area contributed by atoms with Gasteiger partial charge >= 0.3 is 5.97 Å². The lowest BCUT2D eigenvalue weighted by atomic mass is 9.70. The number of benzene rings is 1. The van der Waals surface area contributed by atoms with Gasteiger partial charge in [0.1, 0.15) is 0 Å². The number of hydrogen-bond acceptors (Lipinski definition) is 4. The van der Waals surface area contributed by atoms with Gasteiger partial charge in [-0.3, -0.25) is 14.4 Å². The number of ether oxygens (including phenoxy) is 1. The summed E-state index contributed by atoms with van der Waals surface area (Å²) in [5, 5.41) is 2.58. The number of amides is 2. The zero-order valence-corrected chi connectivity index (χ0v) is 15.4. The molecule has 2 bridgehead atoms. The van der Waals surface area contributed by atoms with Gasteiger partial charge in [0, 0.05) is 19.0 Å². The Labute approximate surface area is 153 Å². The molecule has 2 aliphatic rings. The molecule has 2 fully saturated rings. The molecule has 6 nitrogen and oxygen atoms in total. The molecule has 2 saturated heterocycles. The molecule has 3 atom stereocenters. The van der Waals surface area contributed by atoms with Crippen LogP contribution >= 0.6 is 0 Å². The van der Waals surface area contributed by atoms with E-state index in [-0.39, 0.29) is 36.4 Å². The van der Waals surface area contributed by atoms with Crippen molar-refractivity contribution in [3.63, 3.8) is 0 Å². The standard InChI is InChI=1S/C20H26N2O4/c1-3-26-19(25)20(11-15-7-5-4-6-8-15)12-16-9-10-17(20)22(16)18(24)13-21-14(2)23/h4-8,16-17H,3,9-13H2,1-2H3,(H,21,23)/t16-,17+,20+/m1/s1. The second-order valence-corrected chi connectivity index (χ2v) is 7.20. The van der Waals surface area contributed by atoms with Gasteiger partial charge in [0.05, 0.1) is 18.6 Å². The Kier molecular flexibility index (Phi) is 5.30. The maximum absolute atomic E-state index is 13.0. The van der Waals surface area contributed by atoms with E-state index < -0.39 is 5.41 Å². The van der Waals surface area contributed by atoms with Crippen LogP contribution in [0.5, 0.6) is 0 Å². The van der Waals surface area contributed by atoms with Crippen LogP contribution in [0.1, 0.15) is 38.7 Å². The Hall–Kier alpha value is -2.37. The molecule has 3 rings (SSSR count). The van der Waals surface area contributed by atoms with Crippen LogP contribution in [0.3, 0.4) is 0 Å². The van der Waals surface area contributed by atoms with E-state index in [1.165, 1.54) is 6.92 Å². The minimum atomic E-state index is -0.702. The van der Waals surface area contributed by atoms with Gasteiger partial charge in [-0.15, -0.1) is 0 Å². The number of rotatable bonds is 6. The summed E-state index contributed by atoms with van der Waals surface area (Å²) < 4.78 is 5.43. The van der Waals surface area contributed by atoms with Crippen molar-refractivity contribution < 1.29 is 19.1 Å². The first kappa shape index (κ1) is 18.4. The van der Waals surface area contributed by atoms with Gasteiger partial charge in [0.2, 0.25) is 11.8 Å². The molecule has 1 N–H and O–H groups in total. The highest BCUT2D eigenvalue weighted by Crippen LogP contribution is 2.52. The molecule has 0 aromatic heterocycles. The van der Waals surface area contributed by atoms with E-state index in [1.807, 2.05) is 35.2 Å². The van der Waals surface area contributed by atoms with E-state index in [2.05, 4.69) is 5.32 Å². The Morgan fingerprint density at radius 2 is 1.96 bits per heavy atom. The van der Waals surface area contributed by atoms with E-state index in [4.69, 9.17) is 4.74 Å². The second-order valence-electron chi connectivity index (χ2n) is 7.20. The zero-order chi connectivity index (χ0) is 18.7. The van der Waals surface area contributed by atoms with Crippen molar-refractivity contribution >= 4 is 17.8 Å².